The molecular weight excluding hydrogens is 188 g/mol. The highest BCUT2D eigenvalue weighted by Crippen LogP contribution is 2.17. The Morgan fingerprint density at radius 2 is 1.87 bits per heavy atom. The van der Waals surface area contributed by atoms with E-state index in [-0.39, 0.29) is 5.91 Å². The van der Waals surface area contributed by atoms with E-state index in [9.17, 15) is 4.79 Å². The van der Waals surface area contributed by atoms with Crippen molar-refractivity contribution in [1.82, 2.24) is 4.90 Å². The molecule has 1 aromatic rings. The van der Waals surface area contributed by atoms with E-state index in [1.165, 1.54) is 0 Å². The lowest BCUT2D eigenvalue weighted by Gasteiger charge is -2.15. The highest BCUT2D eigenvalue weighted by atomic mass is 16.1. The molecule has 0 aliphatic carbocycles. The van der Waals surface area contributed by atoms with Gasteiger partial charge in [-0.3, -0.25) is 4.79 Å². The Balaban J connectivity index is 2.71. The summed E-state index contributed by atoms with van der Waals surface area (Å²) in [6.07, 6.45) is 0.687. The molecule has 0 heterocycles. The van der Waals surface area contributed by atoms with Crippen molar-refractivity contribution < 1.29 is 4.79 Å². The highest BCUT2D eigenvalue weighted by molar-refractivity contribution is 5.92. The van der Waals surface area contributed by atoms with Crippen LogP contribution in [0.2, 0.25) is 0 Å². The van der Waals surface area contributed by atoms with Crippen LogP contribution >= 0.6 is 0 Å². The standard InChI is InChI=1S/C12H17N2O/c1-14(2)9-8-11(12(13)15)10-6-4-3-5-7-10/h3-7H,8-9H2,1-2H3,(H2,13,15). The molecule has 3 heteroatoms. The number of hydrogen-bond donors (Lipinski definition) is 1. The number of amides is 1. The second-order valence-corrected chi connectivity index (χ2v) is 3.76. The maximum absolute atomic E-state index is 11.3. The zero-order chi connectivity index (χ0) is 11.3. The molecule has 0 bridgehead atoms. The minimum absolute atomic E-state index is 0.331. The van der Waals surface area contributed by atoms with E-state index in [2.05, 4.69) is 0 Å². The van der Waals surface area contributed by atoms with Crippen molar-refractivity contribution in [3.63, 3.8) is 0 Å². The molecule has 1 radical (unpaired) electrons. The number of nitrogens with two attached hydrogens (primary N) is 1. The third-order valence-corrected chi connectivity index (χ3v) is 2.23. The summed E-state index contributed by atoms with van der Waals surface area (Å²) >= 11 is 0. The van der Waals surface area contributed by atoms with Crippen LogP contribution in [0.1, 0.15) is 12.0 Å². The van der Waals surface area contributed by atoms with Crippen molar-refractivity contribution in [2.24, 2.45) is 5.73 Å². The quantitative estimate of drug-likeness (QED) is 0.781. The molecule has 0 atom stereocenters. The Bertz CT molecular complexity index is 309. The van der Waals surface area contributed by atoms with Crippen LogP contribution < -0.4 is 5.73 Å². The first-order valence-electron chi connectivity index (χ1n) is 4.97. The maximum atomic E-state index is 11.3. The molecule has 15 heavy (non-hydrogen) atoms. The van der Waals surface area contributed by atoms with E-state index in [0.29, 0.717) is 12.3 Å². The first kappa shape index (κ1) is 11.7. The summed E-state index contributed by atoms with van der Waals surface area (Å²) < 4.78 is 0. The number of rotatable bonds is 5. The molecule has 0 spiro atoms. The first-order chi connectivity index (χ1) is 7.11. The SMILES string of the molecule is CN(C)CC[C](C(N)=O)c1ccccc1. The largest absolute Gasteiger partial charge is 0.369 e. The Morgan fingerprint density at radius 3 is 2.33 bits per heavy atom. The number of nitrogens with zero attached hydrogens (tertiary/aromatic N) is 1. The van der Waals surface area contributed by atoms with Gasteiger partial charge in [-0.05, 0) is 32.6 Å². The zero-order valence-electron chi connectivity index (χ0n) is 9.23. The van der Waals surface area contributed by atoms with Crippen molar-refractivity contribution in [2.75, 3.05) is 20.6 Å². The van der Waals surface area contributed by atoms with Gasteiger partial charge in [-0.25, -0.2) is 0 Å². The zero-order valence-corrected chi connectivity index (χ0v) is 9.23. The van der Waals surface area contributed by atoms with E-state index in [4.69, 9.17) is 5.73 Å². The molecule has 3 nitrogen and oxygen atoms in total. The Kier molecular flexibility index (Phi) is 4.31. The van der Waals surface area contributed by atoms with Gasteiger partial charge < -0.3 is 10.6 Å². The predicted molar refractivity (Wildman–Crippen MR) is 61.2 cm³/mol. The van der Waals surface area contributed by atoms with Crippen LogP contribution in [0, 0.1) is 5.92 Å². The molecule has 2 N–H and O–H groups in total. The van der Waals surface area contributed by atoms with Gasteiger partial charge in [0.25, 0.3) is 0 Å². The van der Waals surface area contributed by atoms with Crippen molar-refractivity contribution in [3.8, 4) is 0 Å². The van der Waals surface area contributed by atoms with E-state index in [1.807, 2.05) is 49.3 Å². The molecule has 0 unspecified atom stereocenters. The Hall–Kier alpha value is -1.35. The van der Waals surface area contributed by atoms with E-state index in [1.54, 1.807) is 0 Å². The summed E-state index contributed by atoms with van der Waals surface area (Å²) in [7, 11) is 3.95. The van der Waals surface area contributed by atoms with Crippen LogP contribution in [-0.2, 0) is 4.79 Å². The molecule has 1 amide bonds. The molecule has 0 aliphatic rings. The predicted octanol–water partition coefficient (Wildman–Crippen LogP) is 1.05. The number of hydrogen-bond acceptors (Lipinski definition) is 2. The van der Waals surface area contributed by atoms with Gasteiger partial charge in [0.15, 0.2) is 0 Å². The van der Waals surface area contributed by atoms with Crippen molar-refractivity contribution in [2.45, 2.75) is 6.42 Å². The average Bonchev–Trinajstić information content (AvgIpc) is 2.18. The summed E-state index contributed by atoms with van der Waals surface area (Å²) in [4.78, 5) is 13.3. The lowest BCUT2D eigenvalue weighted by atomic mass is 9.95. The van der Waals surface area contributed by atoms with Gasteiger partial charge in [0.2, 0.25) is 5.91 Å². The van der Waals surface area contributed by atoms with Crippen molar-refractivity contribution in [1.29, 1.82) is 0 Å². The van der Waals surface area contributed by atoms with Gasteiger partial charge in [0, 0.05) is 0 Å². The van der Waals surface area contributed by atoms with Crippen LogP contribution in [0.5, 0.6) is 0 Å². The summed E-state index contributed by atoms with van der Waals surface area (Å²) in [5, 5.41) is 0. The Labute approximate surface area is 90.9 Å². The number of carbonyl (C=O) groups excluding carboxylic acids is 1. The lowest BCUT2D eigenvalue weighted by molar-refractivity contribution is -0.116. The summed E-state index contributed by atoms with van der Waals surface area (Å²) in [6, 6.07) is 9.57. The Morgan fingerprint density at radius 1 is 1.27 bits per heavy atom. The fraction of sp³-hybridized carbons (Fsp3) is 0.333. The smallest absolute Gasteiger partial charge is 0.229 e. The molecule has 0 aliphatic heterocycles. The van der Waals surface area contributed by atoms with Gasteiger partial charge in [-0.15, -0.1) is 0 Å². The molecular formula is C12H17N2O. The number of benzene rings is 1. The molecule has 0 fully saturated rings. The summed E-state index contributed by atoms with van der Waals surface area (Å²) in [5.74, 6) is 0.368. The fourth-order valence-corrected chi connectivity index (χ4v) is 1.38. The van der Waals surface area contributed by atoms with E-state index < -0.39 is 0 Å². The molecule has 81 valence electrons. The molecule has 0 saturated heterocycles. The van der Waals surface area contributed by atoms with Crippen LogP contribution in [0.3, 0.4) is 0 Å². The lowest BCUT2D eigenvalue weighted by Crippen LogP contribution is -2.26. The van der Waals surface area contributed by atoms with Gasteiger partial charge in [-0.1, -0.05) is 30.3 Å². The average molecular weight is 205 g/mol. The monoisotopic (exact) mass is 205 g/mol. The second-order valence-electron chi connectivity index (χ2n) is 3.76. The number of carbonyl (C=O) groups is 1. The van der Waals surface area contributed by atoms with E-state index in [0.717, 1.165) is 12.1 Å². The summed E-state index contributed by atoms with van der Waals surface area (Å²) in [6.45, 7) is 0.827. The van der Waals surface area contributed by atoms with Crippen molar-refractivity contribution in [3.05, 3.63) is 41.8 Å². The fourth-order valence-electron chi connectivity index (χ4n) is 1.38. The number of primary amides is 1. The normalized spacial score (nSPS) is 10.9. The van der Waals surface area contributed by atoms with Crippen LogP contribution in [0.25, 0.3) is 0 Å². The van der Waals surface area contributed by atoms with Gasteiger partial charge >= 0.3 is 0 Å². The topological polar surface area (TPSA) is 46.3 Å². The second kappa shape index (κ2) is 5.51. The highest BCUT2D eigenvalue weighted by Gasteiger charge is 2.18. The van der Waals surface area contributed by atoms with Gasteiger partial charge in [0.05, 0.1) is 5.92 Å². The van der Waals surface area contributed by atoms with Crippen LogP contribution in [-0.4, -0.2) is 31.4 Å². The third kappa shape index (κ3) is 3.72. The van der Waals surface area contributed by atoms with Crippen molar-refractivity contribution >= 4 is 5.91 Å². The maximum Gasteiger partial charge on any atom is 0.229 e. The van der Waals surface area contributed by atoms with E-state index >= 15 is 0 Å². The van der Waals surface area contributed by atoms with Gasteiger partial charge in [0.1, 0.15) is 0 Å². The summed E-state index contributed by atoms with van der Waals surface area (Å²) in [5.41, 5.74) is 6.28. The van der Waals surface area contributed by atoms with Crippen LogP contribution in [0.4, 0.5) is 0 Å². The first-order valence-corrected chi connectivity index (χ1v) is 4.97. The molecule has 0 aromatic heterocycles. The minimum atomic E-state index is -0.331. The molecule has 1 aromatic carbocycles. The molecule has 1 rings (SSSR count). The minimum Gasteiger partial charge on any atom is -0.369 e. The third-order valence-electron chi connectivity index (χ3n) is 2.23. The van der Waals surface area contributed by atoms with Crippen LogP contribution in [0.15, 0.2) is 30.3 Å². The van der Waals surface area contributed by atoms with Gasteiger partial charge in [-0.2, -0.15) is 0 Å². The molecule has 0 saturated carbocycles.